The summed E-state index contributed by atoms with van der Waals surface area (Å²) in [5.41, 5.74) is 0.0776. The van der Waals surface area contributed by atoms with E-state index in [0.717, 1.165) is 0 Å². The third-order valence-corrected chi connectivity index (χ3v) is 3.11. The number of hydrogen-bond acceptors (Lipinski definition) is 6. The van der Waals surface area contributed by atoms with Gasteiger partial charge in [-0.3, -0.25) is 0 Å². The van der Waals surface area contributed by atoms with Crippen molar-refractivity contribution in [3.05, 3.63) is 35.4 Å². The summed E-state index contributed by atoms with van der Waals surface area (Å²) in [7, 11) is -9.00. The summed E-state index contributed by atoms with van der Waals surface area (Å²) < 4.78 is 63.2. The fourth-order valence-electron chi connectivity index (χ4n) is 1.22. The molecule has 0 atom stereocenters. The topological polar surface area (TPSA) is 114 Å². The van der Waals surface area contributed by atoms with Gasteiger partial charge in [0.1, 0.15) is 0 Å². The molecule has 0 saturated carbocycles. The molecular weight excluding hydrogens is 302 g/mol. The molecule has 0 unspecified atom stereocenters. The third kappa shape index (κ3) is 9.03. The maximum Gasteiger partial charge on any atom is 1.00 e. The molecule has 18 heavy (non-hydrogen) atoms. The maximum atomic E-state index is 10.5. The average Bonchev–Trinajstić information content (AvgIpc) is 2.03. The molecule has 1 aromatic rings. The van der Waals surface area contributed by atoms with E-state index in [1.54, 1.807) is 0 Å². The fourth-order valence-corrected chi connectivity index (χ4v) is 2.55. The van der Waals surface area contributed by atoms with Crippen molar-refractivity contribution in [2.75, 3.05) is 0 Å². The Bertz CT molecular complexity index is 528. The van der Waals surface area contributed by atoms with Crippen molar-refractivity contribution in [3.8, 4) is 0 Å². The SMILES string of the molecule is O=S(=O)([O-])Cc1ccccc1CS(=O)(=O)[O-].[Na+].[Na+]. The molecule has 1 aromatic carbocycles. The third-order valence-electron chi connectivity index (χ3n) is 1.78. The number of rotatable bonds is 4. The molecule has 1 rings (SSSR count). The summed E-state index contributed by atoms with van der Waals surface area (Å²) in [4.78, 5) is 0. The van der Waals surface area contributed by atoms with Crippen molar-refractivity contribution in [3.63, 3.8) is 0 Å². The molecule has 0 amide bonds. The van der Waals surface area contributed by atoms with Gasteiger partial charge in [-0.15, -0.1) is 0 Å². The summed E-state index contributed by atoms with van der Waals surface area (Å²) in [6.45, 7) is 0. The molecule has 0 radical (unpaired) electrons. The van der Waals surface area contributed by atoms with Gasteiger partial charge in [-0.05, 0) is 11.1 Å². The van der Waals surface area contributed by atoms with Crippen LogP contribution >= 0.6 is 0 Å². The predicted molar refractivity (Wildman–Crippen MR) is 53.2 cm³/mol. The Kier molecular flexibility index (Phi) is 9.90. The van der Waals surface area contributed by atoms with E-state index in [-0.39, 0.29) is 70.2 Å². The van der Waals surface area contributed by atoms with Crippen molar-refractivity contribution in [1.82, 2.24) is 0 Å². The van der Waals surface area contributed by atoms with Gasteiger partial charge in [0.25, 0.3) is 0 Å². The Morgan fingerprint density at radius 2 is 1.06 bits per heavy atom. The largest absolute Gasteiger partial charge is 1.00 e. The van der Waals surface area contributed by atoms with Gasteiger partial charge in [0.05, 0.1) is 31.7 Å². The normalized spacial score (nSPS) is 11.2. The van der Waals surface area contributed by atoms with E-state index in [2.05, 4.69) is 0 Å². The van der Waals surface area contributed by atoms with E-state index >= 15 is 0 Å². The van der Waals surface area contributed by atoms with Crippen molar-refractivity contribution in [2.45, 2.75) is 11.5 Å². The van der Waals surface area contributed by atoms with E-state index in [4.69, 9.17) is 0 Å². The molecule has 0 aromatic heterocycles. The first kappa shape index (κ1) is 21.3. The van der Waals surface area contributed by atoms with Gasteiger partial charge in [-0.1, -0.05) is 24.3 Å². The molecule has 6 nitrogen and oxygen atoms in total. The van der Waals surface area contributed by atoms with E-state index < -0.39 is 31.7 Å². The molecule has 10 heteroatoms. The first-order chi connectivity index (χ1) is 7.17. The minimum atomic E-state index is -4.50. The second-order valence-corrected chi connectivity index (χ2v) is 5.98. The van der Waals surface area contributed by atoms with Gasteiger partial charge in [-0.25, -0.2) is 16.8 Å². The molecule has 0 heterocycles. The van der Waals surface area contributed by atoms with Gasteiger partial charge >= 0.3 is 59.1 Å². The van der Waals surface area contributed by atoms with Crippen LogP contribution in [-0.2, 0) is 31.7 Å². The zero-order valence-electron chi connectivity index (χ0n) is 9.99. The summed E-state index contributed by atoms with van der Waals surface area (Å²) in [5.74, 6) is -1.64. The van der Waals surface area contributed by atoms with Crippen LogP contribution in [0.1, 0.15) is 11.1 Å². The second kappa shape index (κ2) is 8.35. The van der Waals surface area contributed by atoms with Crippen molar-refractivity contribution < 1.29 is 85.1 Å². The van der Waals surface area contributed by atoms with E-state index in [0.29, 0.717) is 0 Å². The summed E-state index contributed by atoms with van der Waals surface area (Å²) in [6, 6.07) is 5.52. The Balaban J connectivity index is 0. The van der Waals surface area contributed by atoms with Crippen LogP contribution in [0.15, 0.2) is 24.3 Å². The second-order valence-electron chi connectivity index (χ2n) is 3.17. The standard InChI is InChI=1S/C8H10O6S2.2Na/c9-15(10,11)5-7-3-1-2-4-8(7)6-16(12,13)14;;/h1-4H,5-6H2,(H,9,10,11)(H,12,13,14);;/q;2*+1/p-2. The Hall–Kier alpha value is 1.04. The summed E-state index contributed by atoms with van der Waals surface area (Å²) >= 11 is 0. The minimum Gasteiger partial charge on any atom is -0.748 e. The van der Waals surface area contributed by atoms with Crippen molar-refractivity contribution in [1.29, 1.82) is 0 Å². The molecule has 0 N–H and O–H groups in total. The van der Waals surface area contributed by atoms with Crippen LogP contribution in [0.25, 0.3) is 0 Å². The molecule has 0 aliphatic heterocycles. The maximum absolute atomic E-state index is 10.5. The summed E-state index contributed by atoms with van der Waals surface area (Å²) in [6.07, 6.45) is 0. The fraction of sp³-hybridized carbons (Fsp3) is 0.250. The van der Waals surface area contributed by atoms with E-state index in [1.165, 1.54) is 24.3 Å². The van der Waals surface area contributed by atoms with Crippen LogP contribution in [0.4, 0.5) is 0 Å². The predicted octanol–water partition coefficient (Wildman–Crippen LogP) is -6.21. The van der Waals surface area contributed by atoms with Crippen LogP contribution in [0, 0.1) is 0 Å². The van der Waals surface area contributed by atoms with E-state index in [1.807, 2.05) is 0 Å². The Morgan fingerprint density at radius 3 is 1.28 bits per heavy atom. The first-order valence-corrected chi connectivity index (χ1v) is 7.27. The minimum absolute atomic E-state index is 0. The molecule has 0 aliphatic carbocycles. The number of benzene rings is 1. The molecule has 0 fully saturated rings. The molecule has 0 bridgehead atoms. The molecule has 0 aliphatic rings. The van der Waals surface area contributed by atoms with E-state index in [9.17, 15) is 25.9 Å². The monoisotopic (exact) mass is 310 g/mol. The van der Waals surface area contributed by atoms with Crippen molar-refractivity contribution >= 4 is 20.2 Å². The van der Waals surface area contributed by atoms with Gasteiger partial charge in [0.15, 0.2) is 0 Å². The molecule has 0 spiro atoms. The molecular formula is C8H8Na2O6S2. The quantitative estimate of drug-likeness (QED) is 0.404. The van der Waals surface area contributed by atoms with Crippen molar-refractivity contribution in [2.24, 2.45) is 0 Å². The molecule has 0 saturated heterocycles. The van der Waals surface area contributed by atoms with Gasteiger partial charge in [-0.2, -0.15) is 0 Å². The Labute approximate surface area is 150 Å². The van der Waals surface area contributed by atoms with Gasteiger partial charge in [0.2, 0.25) is 0 Å². The molecule has 90 valence electrons. The van der Waals surface area contributed by atoms with Crippen LogP contribution < -0.4 is 59.1 Å². The Morgan fingerprint density at radius 1 is 0.778 bits per heavy atom. The van der Waals surface area contributed by atoms with Crippen LogP contribution in [0.5, 0.6) is 0 Å². The average molecular weight is 310 g/mol. The number of hydrogen-bond donors (Lipinski definition) is 0. The van der Waals surface area contributed by atoms with Gasteiger partial charge in [0, 0.05) is 0 Å². The smallest absolute Gasteiger partial charge is 0.748 e. The van der Waals surface area contributed by atoms with Gasteiger partial charge < -0.3 is 9.11 Å². The first-order valence-electron chi connectivity index (χ1n) is 4.11. The van der Waals surface area contributed by atoms with Crippen LogP contribution in [0.3, 0.4) is 0 Å². The van der Waals surface area contributed by atoms with Crippen LogP contribution in [-0.4, -0.2) is 25.9 Å². The summed E-state index contributed by atoms with van der Waals surface area (Å²) in [5, 5.41) is 0. The van der Waals surface area contributed by atoms with Crippen LogP contribution in [0.2, 0.25) is 0 Å². The zero-order chi connectivity index (χ0) is 12.4. The zero-order valence-corrected chi connectivity index (χ0v) is 15.6.